The van der Waals surface area contributed by atoms with Crippen LogP contribution in [-0.2, 0) is 14.9 Å². The minimum absolute atomic E-state index is 0.129. The fourth-order valence-electron chi connectivity index (χ4n) is 0.797. The summed E-state index contributed by atoms with van der Waals surface area (Å²) in [4.78, 5) is 11.1. The van der Waals surface area contributed by atoms with Crippen molar-refractivity contribution in [3.8, 4) is 0 Å². The van der Waals surface area contributed by atoms with Crippen LogP contribution >= 0.6 is 11.3 Å². The summed E-state index contributed by atoms with van der Waals surface area (Å²) < 4.78 is 27.8. The van der Waals surface area contributed by atoms with E-state index < -0.39 is 16.2 Å². The van der Waals surface area contributed by atoms with Crippen molar-refractivity contribution >= 4 is 33.2 Å². The Morgan fingerprint density at radius 2 is 2.21 bits per heavy atom. The van der Waals surface area contributed by atoms with Crippen LogP contribution in [0.15, 0.2) is 10.8 Å². The van der Waals surface area contributed by atoms with Crippen molar-refractivity contribution in [1.29, 1.82) is 0 Å². The summed E-state index contributed by atoms with van der Waals surface area (Å²) in [7, 11) is -2.65. The van der Waals surface area contributed by atoms with Crippen molar-refractivity contribution in [2.45, 2.75) is 0 Å². The molecule has 0 aliphatic carbocycles. The van der Waals surface area contributed by atoms with Gasteiger partial charge in [0.1, 0.15) is 0 Å². The lowest BCUT2D eigenvalue weighted by molar-refractivity contribution is 0.0602. The highest BCUT2D eigenvalue weighted by Crippen LogP contribution is 2.21. The molecule has 0 aliphatic heterocycles. The second-order valence-electron chi connectivity index (χ2n) is 2.34. The van der Waals surface area contributed by atoms with Gasteiger partial charge in [0.2, 0.25) is 0 Å². The molecule has 0 amide bonds. The summed E-state index contributed by atoms with van der Waals surface area (Å²) in [5, 5.41) is 7.68. The normalized spacial score (nSPS) is 11.0. The number of esters is 1. The summed E-state index contributed by atoms with van der Waals surface area (Å²) in [6.07, 6.45) is 0. The van der Waals surface area contributed by atoms with Crippen molar-refractivity contribution < 1.29 is 17.9 Å². The SMILES string of the molecule is COC(=O)c1cscc1NS(N)(=O)=O. The molecule has 14 heavy (non-hydrogen) atoms. The van der Waals surface area contributed by atoms with E-state index in [2.05, 4.69) is 4.74 Å². The number of anilines is 1. The van der Waals surface area contributed by atoms with Gasteiger partial charge in [-0.05, 0) is 0 Å². The Labute approximate surface area is 84.9 Å². The Bertz CT molecular complexity index is 436. The molecular weight excluding hydrogens is 228 g/mol. The van der Waals surface area contributed by atoms with Crippen molar-refractivity contribution in [2.24, 2.45) is 5.14 Å². The summed E-state index contributed by atoms with van der Waals surface area (Å²) in [5.41, 5.74) is 0.274. The van der Waals surface area contributed by atoms with Crippen molar-refractivity contribution in [3.63, 3.8) is 0 Å². The predicted molar refractivity (Wildman–Crippen MR) is 52.4 cm³/mol. The zero-order chi connectivity index (χ0) is 10.8. The molecule has 1 rings (SSSR count). The van der Waals surface area contributed by atoms with E-state index in [1.54, 1.807) is 0 Å². The molecule has 0 saturated carbocycles. The van der Waals surface area contributed by atoms with Gasteiger partial charge in [0.25, 0.3) is 10.2 Å². The fourth-order valence-corrected chi connectivity index (χ4v) is 2.10. The molecule has 1 aromatic rings. The minimum atomic E-state index is -3.86. The lowest BCUT2D eigenvalue weighted by atomic mass is 10.3. The Morgan fingerprint density at radius 1 is 1.57 bits per heavy atom. The van der Waals surface area contributed by atoms with E-state index in [4.69, 9.17) is 5.14 Å². The number of ether oxygens (including phenoxy) is 1. The predicted octanol–water partition coefficient (Wildman–Crippen LogP) is 0.150. The fraction of sp³-hybridized carbons (Fsp3) is 0.167. The van der Waals surface area contributed by atoms with Gasteiger partial charge in [-0.2, -0.15) is 8.42 Å². The number of nitrogens with two attached hydrogens (primary N) is 1. The van der Waals surface area contributed by atoms with E-state index in [0.29, 0.717) is 0 Å². The van der Waals surface area contributed by atoms with Crippen LogP contribution in [0.4, 0.5) is 5.69 Å². The highest BCUT2D eigenvalue weighted by molar-refractivity contribution is 7.90. The smallest absolute Gasteiger partial charge is 0.340 e. The van der Waals surface area contributed by atoms with Crippen LogP contribution in [0.25, 0.3) is 0 Å². The van der Waals surface area contributed by atoms with Gasteiger partial charge in [0, 0.05) is 10.8 Å². The monoisotopic (exact) mass is 236 g/mol. The molecule has 0 bridgehead atoms. The largest absolute Gasteiger partial charge is 0.465 e. The topological polar surface area (TPSA) is 98.5 Å². The van der Waals surface area contributed by atoms with E-state index in [9.17, 15) is 13.2 Å². The van der Waals surface area contributed by atoms with E-state index in [1.165, 1.54) is 29.2 Å². The van der Waals surface area contributed by atoms with Crippen LogP contribution in [0.2, 0.25) is 0 Å². The first-order valence-corrected chi connectivity index (χ1v) is 5.88. The summed E-state index contributed by atoms with van der Waals surface area (Å²) in [6.45, 7) is 0. The molecule has 1 heterocycles. The highest BCUT2D eigenvalue weighted by Gasteiger charge is 2.15. The lowest BCUT2D eigenvalue weighted by Crippen LogP contribution is -2.22. The van der Waals surface area contributed by atoms with Gasteiger partial charge in [-0.1, -0.05) is 0 Å². The average molecular weight is 236 g/mol. The molecule has 0 atom stereocenters. The molecule has 1 aromatic heterocycles. The third-order valence-electron chi connectivity index (χ3n) is 1.32. The van der Waals surface area contributed by atoms with E-state index in [1.807, 2.05) is 4.72 Å². The quantitative estimate of drug-likeness (QED) is 0.730. The van der Waals surface area contributed by atoms with Gasteiger partial charge in [0.15, 0.2) is 0 Å². The average Bonchev–Trinajstić information content (AvgIpc) is 2.48. The maximum absolute atomic E-state index is 11.1. The Morgan fingerprint density at radius 3 is 2.71 bits per heavy atom. The zero-order valence-corrected chi connectivity index (χ0v) is 8.81. The molecule has 0 fully saturated rings. The van der Waals surface area contributed by atoms with Crippen molar-refractivity contribution in [1.82, 2.24) is 0 Å². The summed E-state index contributed by atoms with van der Waals surface area (Å²) in [6, 6.07) is 0. The van der Waals surface area contributed by atoms with Crippen LogP contribution in [-0.4, -0.2) is 21.5 Å². The Balaban J connectivity index is 3.00. The Kier molecular flexibility index (Phi) is 3.09. The van der Waals surface area contributed by atoms with Crippen LogP contribution in [0.1, 0.15) is 10.4 Å². The minimum Gasteiger partial charge on any atom is -0.465 e. The molecule has 78 valence electrons. The van der Waals surface area contributed by atoms with Gasteiger partial charge < -0.3 is 4.74 Å². The molecule has 8 heteroatoms. The number of carbonyl (C=O) groups excluding carboxylic acids is 1. The highest BCUT2D eigenvalue weighted by atomic mass is 32.2. The van der Waals surface area contributed by atoms with Crippen LogP contribution in [0, 0.1) is 0 Å². The molecule has 0 radical (unpaired) electrons. The maximum atomic E-state index is 11.1. The summed E-state index contributed by atoms with van der Waals surface area (Å²) in [5.74, 6) is -0.614. The summed E-state index contributed by atoms with van der Waals surface area (Å²) >= 11 is 1.17. The molecule has 6 nitrogen and oxygen atoms in total. The van der Waals surface area contributed by atoms with Crippen LogP contribution in [0.3, 0.4) is 0 Å². The van der Waals surface area contributed by atoms with Gasteiger partial charge in [-0.3, -0.25) is 4.72 Å². The number of hydrogen-bond acceptors (Lipinski definition) is 5. The number of carbonyl (C=O) groups is 1. The molecule has 0 unspecified atom stereocenters. The molecule has 0 saturated heterocycles. The Hall–Kier alpha value is -1.12. The van der Waals surface area contributed by atoms with Crippen molar-refractivity contribution in [2.75, 3.05) is 11.8 Å². The van der Waals surface area contributed by atoms with Crippen LogP contribution < -0.4 is 9.86 Å². The van der Waals surface area contributed by atoms with Crippen LogP contribution in [0.5, 0.6) is 0 Å². The second kappa shape index (κ2) is 3.95. The van der Waals surface area contributed by atoms with Gasteiger partial charge >= 0.3 is 5.97 Å². The molecule has 3 N–H and O–H groups in total. The number of rotatable bonds is 3. The van der Waals surface area contributed by atoms with E-state index in [0.717, 1.165) is 0 Å². The molecule has 0 aromatic carbocycles. The lowest BCUT2D eigenvalue weighted by Gasteiger charge is -2.03. The van der Waals surface area contributed by atoms with E-state index in [-0.39, 0.29) is 11.3 Å². The number of methoxy groups -OCH3 is 1. The molecular formula is C6H8N2O4S2. The van der Waals surface area contributed by atoms with E-state index >= 15 is 0 Å². The van der Waals surface area contributed by atoms with Gasteiger partial charge in [-0.25, -0.2) is 9.93 Å². The third-order valence-corrected chi connectivity index (χ3v) is 2.57. The number of thiophene rings is 1. The van der Waals surface area contributed by atoms with Gasteiger partial charge in [-0.15, -0.1) is 11.3 Å². The molecule has 0 spiro atoms. The standard InChI is InChI=1S/C6H8N2O4S2/c1-12-6(9)4-2-13-3-5(4)8-14(7,10)11/h2-3,8H,1H3,(H2,7,10,11). The van der Waals surface area contributed by atoms with Gasteiger partial charge in [0.05, 0.1) is 18.4 Å². The zero-order valence-electron chi connectivity index (χ0n) is 7.18. The number of hydrogen-bond donors (Lipinski definition) is 2. The molecule has 0 aliphatic rings. The maximum Gasteiger partial charge on any atom is 0.340 e. The van der Waals surface area contributed by atoms with Crippen molar-refractivity contribution in [3.05, 3.63) is 16.3 Å². The first-order valence-electron chi connectivity index (χ1n) is 3.39. The second-order valence-corrected chi connectivity index (χ2v) is 4.38. The third kappa shape index (κ3) is 2.69. The first kappa shape index (κ1) is 11.0. The number of nitrogens with one attached hydrogen (secondary N) is 1. The first-order chi connectivity index (χ1) is 6.44.